The molecule has 0 aliphatic carbocycles. The third-order valence-corrected chi connectivity index (χ3v) is 12.1. The quantitative estimate of drug-likeness (QED) is 0.0534. The molecule has 3 N–H and O–H groups in total. The highest BCUT2D eigenvalue weighted by Gasteiger charge is 2.41. The lowest BCUT2D eigenvalue weighted by molar-refractivity contribution is -0.127. The van der Waals surface area contributed by atoms with Gasteiger partial charge in [-0.2, -0.15) is 0 Å². The van der Waals surface area contributed by atoms with E-state index >= 15 is 0 Å². The topological polar surface area (TPSA) is 145 Å². The van der Waals surface area contributed by atoms with Gasteiger partial charge in [-0.3, -0.25) is 14.4 Å². The Kier molecular flexibility index (Phi) is 22.1. The van der Waals surface area contributed by atoms with Gasteiger partial charge in [-0.25, -0.2) is 4.79 Å². The van der Waals surface area contributed by atoms with E-state index in [0.717, 1.165) is 45.3 Å². The van der Waals surface area contributed by atoms with Crippen LogP contribution in [-0.4, -0.2) is 102 Å². The molecule has 0 saturated carbocycles. The number of carbonyl (C=O) groups is 4. The number of unbranched alkanes of at least 4 members (excludes halogenated alkanes) is 1. The molecule has 2 rings (SSSR count). The second-order valence-electron chi connectivity index (χ2n) is 19.4. The number of likely N-dealkylation sites (tertiary alicyclic amines) is 1. The van der Waals surface area contributed by atoms with Crippen LogP contribution in [0, 0.1) is 40.9 Å². The Morgan fingerprint density at radius 3 is 2.05 bits per heavy atom. The first kappa shape index (κ1) is 52.1. The number of methoxy groups -OCH3 is 1. The van der Waals surface area contributed by atoms with Crippen LogP contribution in [0.3, 0.4) is 0 Å². The summed E-state index contributed by atoms with van der Waals surface area (Å²) in [6, 6.07) is 6.83. The molecule has 337 valence electrons. The van der Waals surface area contributed by atoms with Crippen molar-refractivity contribution in [3.8, 4) is 5.75 Å². The van der Waals surface area contributed by atoms with E-state index in [1.165, 1.54) is 0 Å². The van der Waals surface area contributed by atoms with E-state index in [1.807, 2.05) is 52.1 Å². The lowest BCUT2D eigenvalue weighted by atomic mass is 9.67. The molecule has 13 heteroatoms. The van der Waals surface area contributed by atoms with E-state index in [9.17, 15) is 19.2 Å². The largest absolute Gasteiger partial charge is 0.493 e. The van der Waals surface area contributed by atoms with Crippen molar-refractivity contribution in [2.24, 2.45) is 40.9 Å². The Hall–Kier alpha value is -3.00. The zero-order chi connectivity index (χ0) is 44.5. The minimum Gasteiger partial charge on any atom is -0.493 e. The number of nitrogens with one attached hydrogen (secondary N) is 3. The van der Waals surface area contributed by atoms with Gasteiger partial charge in [0.2, 0.25) is 14.9 Å². The van der Waals surface area contributed by atoms with Gasteiger partial charge in [0.1, 0.15) is 23.4 Å². The highest BCUT2D eigenvalue weighted by Crippen LogP contribution is 2.40. The first-order chi connectivity index (χ1) is 27.5. The average Bonchev–Trinajstić information content (AvgIpc) is 3.12. The van der Waals surface area contributed by atoms with Gasteiger partial charge < -0.3 is 39.5 Å². The monoisotopic (exact) mass is 846 g/mol. The summed E-state index contributed by atoms with van der Waals surface area (Å²) >= 11 is 0. The number of ketones is 1. The number of amides is 3. The summed E-state index contributed by atoms with van der Waals surface area (Å²) in [5, 5.41) is 9.75. The molecule has 59 heavy (non-hydrogen) atoms. The van der Waals surface area contributed by atoms with Crippen LogP contribution < -0.4 is 20.7 Å². The Morgan fingerprint density at radius 1 is 0.881 bits per heavy atom. The van der Waals surface area contributed by atoms with Crippen molar-refractivity contribution >= 4 is 32.7 Å². The second-order valence-corrected chi connectivity index (χ2v) is 21.5. The normalized spacial score (nSPS) is 17.0. The molecular weight excluding hydrogens is 765 g/mol. The Bertz CT molecular complexity index is 1430. The molecule has 1 unspecified atom stereocenters. The van der Waals surface area contributed by atoms with Gasteiger partial charge in [-0.1, -0.05) is 60.6 Å². The number of Topliss-reactive ketones (excluding diaryl/α,β-unsaturated/α-hetero) is 1. The highest BCUT2D eigenvalue weighted by atomic mass is 28.3. The molecule has 1 fully saturated rings. The number of hydrogen-bond donors (Lipinski definition) is 3. The molecule has 1 aromatic rings. The first-order valence-electron chi connectivity index (χ1n) is 22.0. The molecule has 0 aromatic heterocycles. The van der Waals surface area contributed by atoms with Gasteiger partial charge >= 0.3 is 6.09 Å². The lowest BCUT2D eigenvalue weighted by Crippen LogP contribution is -2.53. The summed E-state index contributed by atoms with van der Waals surface area (Å²) in [4.78, 5) is 56.1. The number of carbonyl (C=O) groups excluding carboxylic acids is 4. The van der Waals surface area contributed by atoms with Crippen LogP contribution in [0.4, 0.5) is 4.79 Å². The fraction of sp³-hybridized carbons (Fsp3) is 0.783. The average molecular weight is 846 g/mol. The molecule has 1 heterocycles. The van der Waals surface area contributed by atoms with E-state index < -0.39 is 33.0 Å². The number of hydrogen-bond acceptors (Lipinski definition) is 9. The molecule has 1 aromatic carbocycles. The van der Waals surface area contributed by atoms with Crippen molar-refractivity contribution in [1.82, 2.24) is 20.9 Å². The standard InChI is InChI=1S/C46H81N4O8Si/c1-31(2)36(41(52)47-23-26-50-24-21-34(22-25-50)33(5)51)29-38(45(6,7)8)39(48-44(54)57-46(9,10)11)30-37(32(3)4)43(58-59(13)14)49-42(53)35-19-15-16-20-40(35)56-28-18-17-27-55-12/h15-16,19-20,31-32,34,36-39,43H,17-18,21-30H2,1-14H3,(H,47,52)(H,48,54)(H,49,53)/t36-,37-,38+,39-,43?/m0/s1. The third kappa shape index (κ3) is 19.1. The summed E-state index contributed by atoms with van der Waals surface area (Å²) in [6.45, 7) is 30.3. The molecule has 5 atom stereocenters. The second kappa shape index (κ2) is 25.1. The summed E-state index contributed by atoms with van der Waals surface area (Å²) in [7, 11) is 0.371. The molecule has 1 aliphatic rings. The van der Waals surface area contributed by atoms with Gasteiger partial charge in [0.05, 0.1) is 12.2 Å². The maximum atomic E-state index is 14.1. The summed E-state index contributed by atoms with van der Waals surface area (Å²) in [5.41, 5.74) is -0.621. The van der Waals surface area contributed by atoms with Crippen molar-refractivity contribution in [2.75, 3.05) is 46.5 Å². The summed E-state index contributed by atoms with van der Waals surface area (Å²) in [6.07, 6.45) is 3.20. The molecular formula is C46H81N4O8Si. The maximum Gasteiger partial charge on any atom is 0.407 e. The zero-order valence-electron chi connectivity index (χ0n) is 39.1. The van der Waals surface area contributed by atoms with Crippen LogP contribution in [-0.2, 0) is 23.5 Å². The van der Waals surface area contributed by atoms with Crippen LogP contribution >= 0.6 is 0 Å². The van der Waals surface area contributed by atoms with Crippen LogP contribution in [0.25, 0.3) is 0 Å². The number of nitrogens with zero attached hydrogens (tertiary/aromatic N) is 1. The van der Waals surface area contributed by atoms with Crippen LogP contribution in [0.15, 0.2) is 24.3 Å². The van der Waals surface area contributed by atoms with Crippen molar-refractivity contribution in [3.63, 3.8) is 0 Å². The van der Waals surface area contributed by atoms with E-state index in [4.69, 9.17) is 18.6 Å². The van der Waals surface area contributed by atoms with Gasteiger partial charge in [-0.05, 0) is 128 Å². The number of ether oxygens (including phenoxy) is 3. The highest BCUT2D eigenvalue weighted by molar-refractivity contribution is 6.48. The van der Waals surface area contributed by atoms with E-state index in [1.54, 1.807) is 20.1 Å². The van der Waals surface area contributed by atoms with E-state index in [-0.39, 0.29) is 58.5 Å². The number of piperidine rings is 1. The van der Waals surface area contributed by atoms with E-state index in [2.05, 4.69) is 69.3 Å². The Balaban J connectivity index is 2.44. The fourth-order valence-electron chi connectivity index (χ4n) is 7.93. The minimum atomic E-state index is -1.31. The Morgan fingerprint density at radius 2 is 1.51 bits per heavy atom. The van der Waals surface area contributed by atoms with Gasteiger partial charge in [-0.15, -0.1) is 0 Å². The zero-order valence-corrected chi connectivity index (χ0v) is 40.1. The maximum absolute atomic E-state index is 14.1. The summed E-state index contributed by atoms with van der Waals surface area (Å²) in [5.74, 6) is 0.00856. The molecule has 0 spiro atoms. The van der Waals surface area contributed by atoms with Crippen LogP contribution in [0.1, 0.15) is 125 Å². The van der Waals surface area contributed by atoms with E-state index in [0.29, 0.717) is 43.9 Å². The number of rotatable bonds is 24. The van der Waals surface area contributed by atoms with Crippen molar-refractivity contribution < 1.29 is 37.8 Å². The molecule has 1 radical (unpaired) electrons. The molecule has 1 saturated heterocycles. The lowest BCUT2D eigenvalue weighted by Gasteiger charge is -2.43. The SMILES string of the molecule is COCCCCOc1ccccc1C(=O)NC(O[Si](C)C)[C@@H](C[C@H](NC(=O)OC(C)(C)C)[C@@H](C[C@H](C(=O)NCCN1CCC(C(C)=O)CC1)C(C)C)C(C)(C)C)C(C)C. The third-order valence-electron chi connectivity index (χ3n) is 11.4. The predicted molar refractivity (Wildman–Crippen MR) is 238 cm³/mol. The fourth-order valence-corrected chi connectivity index (χ4v) is 8.67. The predicted octanol–water partition coefficient (Wildman–Crippen LogP) is 8.11. The molecule has 1 aliphatic heterocycles. The van der Waals surface area contributed by atoms with Crippen LogP contribution in [0.5, 0.6) is 5.75 Å². The molecule has 12 nitrogen and oxygen atoms in total. The number of alkyl carbamates (subject to hydrolysis) is 1. The molecule has 0 bridgehead atoms. The minimum absolute atomic E-state index is 0.00145. The van der Waals surface area contributed by atoms with Crippen LogP contribution in [0.2, 0.25) is 13.1 Å². The molecule has 3 amide bonds. The first-order valence-corrected chi connectivity index (χ1v) is 24.4. The van der Waals surface area contributed by atoms with Crippen molar-refractivity contribution in [3.05, 3.63) is 29.8 Å². The van der Waals surface area contributed by atoms with Crippen molar-refractivity contribution in [2.45, 2.75) is 146 Å². The van der Waals surface area contributed by atoms with Gasteiger partial charge in [0, 0.05) is 50.6 Å². The number of benzene rings is 1. The van der Waals surface area contributed by atoms with Crippen molar-refractivity contribution in [1.29, 1.82) is 0 Å². The Labute approximate surface area is 359 Å². The van der Waals surface area contributed by atoms with Gasteiger partial charge in [0.25, 0.3) is 5.91 Å². The number of para-hydroxylation sites is 1. The smallest absolute Gasteiger partial charge is 0.407 e. The summed E-state index contributed by atoms with van der Waals surface area (Å²) < 4.78 is 23.7. The van der Waals surface area contributed by atoms with Gasteiger partial charge in [0.15, 0.2) is 0 Å².